The second-order valence-corrected chi connectivity index (χ2v) is 5.23. The van der Waals surface area contributed by atoms with Crippen LogP contribution in [-0.4, -0.2) is 9.38 Å². The summed E-state index contributed by atoms with van der Waals surface area (Å²) >= 11 is 3.51. The fourth-order valence-electron chi connectivity index (χ4n) is 2.44. The van der Waals surface area contributed by atoms with Gasteiger partial charge in [0.15, 0.2) is 0 Å². The lowest BCUT2D eigenvalue weighted by Gasteiger charge is -2.17. The number of halogens is 1. The van der Waals surface area contributed by atoms with Gasteiger partial charge in [-0.2, -0.15) is 0 Å². The zero-order valence-corrected chi connectivity index (χ0v) is 10.3. The van der Waals surface area contributed by atoms with Gasteiger partial charge in [0.05, 0.1) is 5.69 Å². The molecule has 0 amide bonds. The van der Waals surface area contributed by atoms with Gasteiger partial charge in [-0.15, -0.1) is 0 Å². The van der Waals surface area contributed by atoms with E-state index in [1.54, 1.807) is 0 Å². The number of hydrogen-bond donors (Lipinski definition) is 0. The van der Waals surface area contributed by atoms with Gasteiger partial charge in [0.1, 0.15) is 5.65 Å². The van der Waals surface area contributed by atoms with Crippen LogP contribution in [0.1, 0.15) is 37.1 Å². The summed E-state index contributed by atoms with van der Waals surface area (Å²) < 4.78 is 3.35. The van der Waals surface area contributed by atoms with Crippen molar-refractivity contribution in [3.05, 3.63) is 34.2 Å². The maximum atomic E-state index is 4.72. The van der Waals surface area contributed by atoms with E-state index in [1.807, 2.05) is 0 Å². The zero-order chi connectivity index (χ0) is 10.4. The van der Waals surface area contributed by atoms with Crippen molar-refractivity contribution < 1.29 is 0 Å². The van der Waals surface area contributed by atoms with Crippen LogP contribution < -0.4 is 0 Å². The number of pyridine rings is 1. The highest BCUT2D eigenvalue weighted by atomic mass is 79.9. The van der Waals surface area contributed by atoms with E-state index in [-0.39, 0.29) is 0 Å². The van der Waals surface area contributed by atoms with E-state index in [9.17, 15) is 0 Å². The number of aromatic nitrogens is 2. The van der Waals surface area contributed by atoms with Crippen LogP contribution in [0.25, 0.3) is 5.65 Å². The molecule has 3 rings (SSSR count). The molecule has 1 atom stereocenters. The van der Waals surface area contributed by atoms with E-state index in [1.165, 1.54) is 24.2 Å². The first-order valence-corrected chi connectivity index (χ1v) is 6.21. The number of hydrogen-bond acceptors (Lipinski definition) is 1. The summed E-state index contributed by atoms with van der Waals surface area (Å²) in [5.74, 6) is 0.618. The molecule has 1 aliphatic carbocycles. The van der Waals surface area contributed by atoms with E-state index >= 15 is 0 Å². The molecule has 2 nitrogen and oxygen atoms in total. The Bertz CT molecular complexity index is 516. The Morgan fingerprint density at radius 1 is 1.47 bits per heavy atom. The minimum Gasteiger partial charge on any atom is -0.303 e. The third kappa shape index (κ3) is 1.41. The number of nitrogens with zero attached hydrogens (tertiary/aromatic N) is 2. The van der Waals surface area contributed by atoms with Crippen LogP contribution in [0.5, 0.6) is 0 Å². The molecule has 0 N–H and O–H groups in total. The minimum absolute atomic E-state index is 0.618. The van der Waals surface area contributed by atoms with E-state index in [2.05, 4.69) is 45.6 Å². The Labute approximate surface area is 97.5 Å². The van der Waals surface area contributed by atoms with Gasteiger partial charge >= 0.3 is 0 Å². The molecule has 78 valence electrons. The fourth-order valence-corrected chi connectivity index (χ4v) is 2.78. The average Bonchev–Trinajstić information content (AvgIpc) is 2.58. The van der Waals surface area contributed by atoms with Crippen molar-refractivity contribution >= 4 is 21.6 Å². The smallest absolute Gasteiger partial charge is 0.137 e. The minimum atomic E-state index is 0.618. The number of rotatable bonds is 0. The first-order valence-electron chi connectivity index (χ1n) is 5.42. The monoisotopic (exact) mass is 264 g/mol. The van der Waals surface area contributed by atoms with Gasteiger partial charge in [-0.05, 0) is 47.3 Å². The van der Waals surface area contributed by atoms with Gasteiger partial charge < -0.3 is 4.40 Å². The predicted octanol–water partition coefficient (Wildman–Crippen LogP) is 3.54. The normalized spacial score (nSPS) is 20.5. The Hall–Kier alpha value is -0.830. The molecule has 15 heavy (non-hydrogen) atoms. The van der Waals surface area contributed by atoms with E-state index in [0.717, 1.165) is 16.5 Å². The van der Waals surface area contributed by atoms with Crippen molar-refractivity contribution in [2.24, 2.45) is 0 Å². The molecule has 2 aromatic rings. The molecule has 0 aliphatic heterocycles. The molecule has 0 aromatic carbocycles. The van der Waals surface area contributed by atoms with Crippen LogP contribution in [0.2, 0.25) is 0 Å². The van der Waals surface area contributed by atoms with Crippen LogP contribution in [0.15, 0.2) is 22.8 Å². The second kappa shape index (κ2) is 3.34. The number of fused-ring (bicyclic) bond motifs is 3. The zero-order valence-electron chi connectivity index (χ0n) is 8.70. The summed E-state index contributed by atoms with van der Waals surface area (Å²) in [4.78, 5) is 4.72. The lowest BCUT2D eigenvalue weighted by Crippen LogP contribution is -2.07. The molecule has 0 fully saturated rings. The summed E-state index contributed by atoms with van der Waals surface area (Å²) in [6.45, 7) is 2.28. The van der Waals surface area contributed by atoms with Crippen molar-refractivity contribution in [1.82, 2.24) is 9.38 Å². The predicted molar refractivity (Wildman–Crippen MR) is 64.2 cm³/mol. The lowest BCUT2D eigenvalue weighted by molar-refractivity contribution is 0.570. The van der Waals surface area contributed by atoms with E-state index in [4.69, 9.17) is 4.98 Å². The summed E-state index contributed by atoms with van der Waals surface area (Å²) in [5, 5.41) is 0. The molecule has 0 radical (unpaired) electrons. The largest absolute Gasteiger partial charge is 0.303 e. The standard InChI is InChI=1S/C12H13BrN2/c1-8-3-2-4-10-12(8)14-11-6-5-9(13)7-15(10)11/h5-8H,2-4H2,1H3. The summed E-state index contributed by atoms with van der Waals surface area (Å²) in [6.07, 6.45) is 5.85. The summed E-state index contributed by atoms with van der Waals surface area (Å²) in [5.41, 5.74) is 3.79. The highest BCUT2D eigenvalue weighted by molar-refractivity contribution is 9.10. The first kappa shape index (κ1) is 9.40. The molecule has 0 saturated carbocycles. The van der Waals surface area contributed by atoms with Crippen LogP contribution in [-0.2, 0) is 6.42 Å². The van der Waals surface area contributed by atoms with Crippen LogP contribution in [0.4, 0.5) is 0 Å². The van der Waals surface area contributed by atoms with Gasteiger partial charge in [0.25, 0.3) is 0 Å². The molecule has 2 aromatic heterocycles. The summed E-state index contributed by atoms with van der Waals surface area (Å²) in [7, 11) is 0. The molecule has 0 bridgehead atoms. The van der Waals surface area contributed by atoms with Crippen molar-refractivity contribution in [2.45, 2.75) is 32.1 Å². The SMILES string of the molecule is CC1CCCc2c1nc1ccc(Br)cn21. The molecular formula is C12H13BrN2. The fraction of sp³-hybridized carbons (Fsp3) is 0.417. The molecule has 1 unspecified atom stereocenters. The lowest BCUT2D eigenvalue weighted by atomic mass is 9.91. The van der Waals surface area contributed by atoms with Crippen molar-refractivity contribution in [3.8, 4) is 0 Å². The molecule has 0 spiro atoms. The topological polar surface area (TPSA) is 17.3 Å². The van der Waals surface area contributed by atoms with Gasteiger partial charge in [0, 0.05) is 22.3 Å². The Morgan fingerprint density at radius 3 is 3.20 bits per heavy atom. The molecular weight excluding hydrogens is 252 g/mol. The van der Waals surface area contributed by atoms with Gasteiger partial charge in [-0.25, -0.2) is 4.98 Å². The van der Waals surface area contributed by atoms with Gasteiger partial charge in [-0.3, -0.25) is 0 Å². The second-order valence-electron chi connectivity index (χ2n) is 4.31. The third-order valence-electron chi connectivity index (χ3n) is 3.23. The molecule has 1 aliphatic rings. The maximum Gasteiger partial charge on any atom is 0.137 e. The Kier molecular flexibility index (Phi) is 2.09. The van der Waals surface area contributed by atoms with Crippen LogP contribution in [0.3, 0.4) is 0 Å². The first-order chi connectivity index (χ1) is 7.25. The highest BCUT2D eigenvalue weighted by Gasteiger charge is 2.21. The van der Waals surface area contributed by atoms with Crippen molar-refractivity contribution in [1.29, 1.82) is 0 Å². The third-order valence-corrected chi connectivity index (χ3v) is 3.70. The average molecular weight is 265 g/mol. The quantitative estimate of drug-likeness (QED) is 0.712. The van der Waals surface area contributed by atoms with Gasteiger partial charge in [-0.1, -0.05) is 6.92 Å². The Balaban J connectivity index is 2.31. The van der Waals surface area contributed by atoms with Crippen LogP contribution in [0, 0.1) is 0 Å². The number of imidazole rings is 1. The molecule has 3 heteroatoms. The van der Waals surface area contributed by atoms with E-state index < -0.39 is 0 Å². The van der Waals surface area contributed by atoms with Crippen molar-refractivity contribution in [3.63, 3.8) is 0 Å². The van der Waals surface area contributed by atoms with E-state index in [0.29, 0.717) is 5.92 Å². The Morgan fingerprint density at radius 2 is 2.33 bits per heavy atom. The molecule has 2 heterocycles. The summed E-state index contributed by atoms with van der Waals surface area (Å²) in [6, 6.07) is 4.13. The van der Waals surface area contributed by atoms with Gasteiger partial charge in [0.2, 0.25) is 0 Å². The molecule has 0 saturated heterocycles. The number of aryl methyl sites for hydroxylation is 1. The highest BCUT2D eigenvalue weighted by Crippen LogP contribution is 2.31. The van der Waals surface area contributed by atoms with Crippen molar-refractivity contribution in [2.75, 3.05) is 0 Å². The van der Waals surface area contributed by atoms with Crippen LogP contribution >= 0.6 is 15.9 Å². The maximum absolute atomic E-state index is 4.72.